The van der Waals surface area contributed by atoms with Gasteiger partial charge in [0.05, 0.1) is 26.2 Å². The lowest BCUT2D eigenvalue weighted by atomic mass is 10.0. The topological polar surface area (TPSA) is 41.4 Å². The molecule has 0 aromatic heterocycles. The number of amides is 1. The van der Waals surface area contributed by atoms with Crippen molar-refractivity contribution in [2.24, 2.45) is 0 Å². The predicted molar refractivity (Wildman–Crippen MR) is 117 cm³/mol. The van der Waals surface area contributed by atoms with Gasteiger partial charge in [-0.25, -0.2) is 0 Å². The number of hydrogen-bond acceptors (Lipinski definition) is 1. The van der Waals surface area contributed by atoms with Gasteiger partial charge in [0, 0.05) is 11.1 Å². The van der Waals surface area contributed by atoms with E-state index in [9.17, 15) is 4.79 Å². The van der Waals surface area contributed by atoms with Crippen molar-refractivity contribution < 1.29 is 15.0 Å². The van der Waals surface area contributed by atoms with Crippen molar-refractivity contribution in [3.8, 4) is 0 Å². The lowest BCUT2D eigenvalue weighted by Gasteiger charge is -2.32. The molecular formula is C25H31N3O+2. The van der Waals surface area contributed by atoms with E-state index in [4.69, 9.17) is 0 Å². The molecule has 0 saturated carbocycles. The third-order valence-corrected chi connectivity index (χ3v) is 6.12. The number of nitrogens with two attached hydrogens (primary N) is 1. The van der Waals surface area contributed by atoms with Crippen molar-refractivity contribution in [3.05, 3.63) is 83.9 Å². The van der Waals surface area contributed by atoms with Crippen molar-refractivity contribution in [3.63, 3.8) is 0 Å². The lowest BCUT2D eigenvalue weighted by Crippen LogP contribution is -3.13. The van der Waals surface area contributed by atoms with Crippen LogP contribution in [0.1, 0.15) is 24.1 Å². The first kappa shape index (κ1) is 19.6. The van der Waals surface area contributed by atoms with Gasteiger partial charge in [0.1, 0.15) is 12.6 Å². The Kier molecular flexibility index (Phi) is 6.23. The number of piperazine rings is 1. The fraction of sp³-hybridized carbons (Fsp3) is 0.320. The molecule has 1 aliphatic heterocycles. The summed E-state index contributed by atoms with van der Waals surface area (Å²) in [6.07, 6.45) is 0. The highest BCUT2D eigenvalue weighted by molar-refractivity contribution is 5.85. The minimum absolute atomic E-state index is 0.261. The van der Waals surface area contributed by atoms with Crippen molar-refractivity contribution in [2.45, 2.75) is 19.5 Å². The first-order chi connectivity index (χ1) is 14.2. The fourth-order valence-corrected chi connectivity index (χ4v) is 4.26. The molecule has 0 aliphatic carbocycles. The van der Waals surface area contributed by atoms with E-state index < -0.39 is 0 Å². The summed E-state index contributed by atoms with van der Waals surface area (Å²) in [6.45, 7) is 7.45. The van der Waals surface area contributed by atoms with E-state index in [1.807, 2.05) is 11.0 Å². The molecule has 0 radical (unpaired) electrons. The van der Waals surface area contributed by atoms with Gasteiger partial charge < -0.3 is 15.1 Å². The number of hydrogen-bond donors (Lipinski definition) is 2. The van der Waals surface area contributed by atoms with E-state index in [-0.39, 0.29) is 5.91 Å². The first-order valence-corrected chi connectivity index (χ1v) is 10.7. The Balaban J connectivity index is 1.27. The van der Waals surface area contributed by atoms with Crippen molar-refractivity contribution >= 4 is 16.7 Å². The van der Waals surface area contributed by atoms with E-state index in [2.05, 4.69) is 79.0 Å². The van der Waals surface area contributed by atoms with Crippen LogP contribution in [0.5, 0.6) is 0 Å². The van der Waals surface area contributed by atoms with Gasteiger partial charge in [-0.2, -0.15) is 0 Å². The van der Waals surface area contributed by atoms with Gasteiger partial charge in [-0.15, -0.1) is 0 Å². The molecule has 4 rings (SSSR count). The van der Waals surface area contributed by atoms with Crippen LogP contribution in [0.3, 0.4) is 0 Å². The SMILES string of the molecule is C[C@@H]([NH2+]CC(=O)N1CC[NH+](Cc2cccc3ccccc23)CC1)c1ccccc1. The van der Waals surface area contributed by atoms with Gasteiger partial charge >= 0.3 is 0 Å². The van der Waals surface area contributed by atoms with Crippen molar-refractivity contribution in [2.75, 3.05) is 32.7 Å². The molecule has 1 heterocycles. The summed E-state index contributed by atoms with van der Waals surface area (Å²) in [5.41, 5.74) is 2.67. The molecule has 0 unspecified atom stereocenters. The summed E-state index contributed by atoms with van der Waals surface area (Å²) in [7, 11) is 0. The molecule has 1 amide bonds. The summed E-state index contributed by atoms with van der Waals surface area (Å²) in [5.74, 6) is 0.261. The number of carbonyl (C=O) groups excluding carboxylic acids is 1. The van der Waals surface area contributed by atoms with Gasteiger partial charge in [-0.3, -0.25) is 4.79 Å². The van der Waals surface area contributed by atoms with Crippen LogP contribution < -0.4 is 10.2 Å². The summed E-state index contributed by atoms with van der Waals surface area (Å²) in [6, 6.07) is 25.9. The maximum absolute atomic E-state index is 12.7. The normalized spacial score (nSPS) is 16.1. The molecule has 1 fully saturated rings. The van der Waals surface area contributed by atoms with Crippen molar-refractivity contribution in [1.82, 2.24) is 4.90 Å². The molecular weight excluding hydrogens is 358 g/mol. The van der Waals surface area contributed by atoms with E-state index in [0.717, 1.165) is 32.7 Å². The maximum atomic E-state index is 12.7. The largest absolute Gasteiger partial charge is 0.333 e. The van der Waals surface area contributed by atoms with Crippen molar-refractivity contribution in [1.29, 1.82) is 0 Å². The Bertz CT molecular complexity index is 943. The Labute approximate surface area is 173 Å². The molecule has 29 heavy (non-hydrogen) atoms. The zero-order valence-corrected chi connectivity index (χ0v) is 17.2. The molecule has 0 bridgehead atoms. The van der Waals surface area contributed by atoms with Crippen LogP contribution in [-0.4, -0.2) is 43.5 Å². The molecule has 1 atom stereocenters. The molecule has 4 heteroatoms. The minimum atomic E-state index is 0.261. The standard InChI is InChI=1S/C25H29N3O/c1-20(21-8-3-2-4-9-21)26-18-25(29)28-16-14-27(15-17-28)19-23-12-7-11-22-10-5-6-13-24(22)23/h2-13,20,26H,14-19H2,1H3/p+2/t20-/m1/s1. The van der Waals surface area contributed by atoms with Gasteiger partial charge in [-0.05, 0) is 17.7 Å². The fourth-order valence-electron chi connectivity index (χ4n) is 4.26. The van der Waals surface area contributed by atoms with Crippen LogP contribution in [-0.2, 0) is 11.3 Å². The quantitative estimate of drug-likeness (QED) is 0.657. The molecule has 1 saturated heterocycles. The molecule has 4 nitrogen and oxygen atoms in total. The number of fused-ring (bicyclic) bond motifs is 1. The number of carbonyl (C=O) groups is 1. The van der Waals surface area contributed by atoms with Gasteiger partial charge in [0.15, 0.2) is 6.54 Å². The third kappa shape index (κ3) is 4.84. The lowest BCUT2D eigenvalue weighted by molar-refractivity contribution is -0.917. The van der Waals surface area contributed by atoms with Crippen LogP contribution >= 0.6 is 0 Å². The van der Waals surface area contributed by atoms with E-state index in [1.165, 1.54) is 21.9 Å². The van der Waals surface area contributed by atoms with Gasteiger partial charge in [0.2, 0.25) is 0 Å². The summed E-state index contributed by atoms with van der Waals surface area (Å²) in [4.78, 5) is 16.3. The van der Waals surface area contributed by atoms with Crippen LogP contribution in [0.25, 0.3) is 10.8 Å². The van der Waals surface area contributed by atoms with Crippen LogP contribution in [0, 0.1) is 0 Å². The summed E-state index contributed by atoms with van der Waals surface area (Å²) < 4.78 is 0. The first-order valence-electron chi connectivity index (χ1n) is 10.7. The number of quaternary nitrogens is 2. The van der Waals surface area contributed by atoms with E-state index in [1.54, 1.807) is 4.90 Å². The Morgan fingerprint density at radius 3 is 2.45 bits per heavy atom. The van der Waals surface area contributed by atoms with Crippen LogP contribution in [0.2, 0.25) is 0 Å². The zero-order chi connectivity index (χ0) is 20.1. The monoisotopic (exact) mass is 389 g/mol. The van der Waals surface area contributed by atoms with Gasteiger partial charge in [-0.1, -0.05) is 72.8 Å². The Morgan fingerprint density at radius 1 is 0.966 bits per heavy atom. The summed E-state index contributed by atoms with van der Waals surface area (Å²) >= 11 is 0. The highest BCUT2D eigenvalue weighted by Gasteiger charge is 2.25. The average molecular weight is 390 g/mol. The minimum Gasteiger partial charge on any atom is -0.333 e. The molecule has 1 aliphatic rings. The third-order valence-electron chi connectivity index (χ3n) is 6.12. The highest BCUT2D eigenvalue weighted by Crippen LogP contribution is 2.17. The smallest absolute Gasteiger partial charge is 0.278 e. The molecule has 0 spiro atoms. The van der Waals surface area contributed by atoms with E-state index in [0.29, 0.717) is 12.6 Å². The maximum Gasteiger partial charge on any atom is 0.278 e. The zero-order valence-electron chi connectivity index (χ0n) is 17.2. The summed E-state index contributed by atoms with van der Waals surface area (Å²) in [5, 5.41) is 4.80. The Hall–Kier alpha value is -2.69. The number of rotatable bonds is 6. The molecule has 3 aromatic rings. The average Bonchev–Trinajstić information content (AvgIpc) is 2.78. The second-order valence-corrected chi connectivity index (χ2v) is 8.09. The predicted octanol–water partition coefficient (Wildman–Crippen LogP) is 1.39. The molecule has 3 N–H and O–H groups in total. The number of nitrogens with one attached hydrogen (secondary N) is 1. The number of benzene rings is 3. The van der Waals surface area contributed by atoms with Crippen LogP contribution in [0.15, 0.2) is 72.8 Å². The Morgan fingerprint density at radius 2 is 1.66 bits per heavy atom. The van der Waals surface area contributed by atoms with E-state index >= 15 is 0 Å². The second-order valence-electron chi connectivity index (χ2n) is 8.09. The van der Waals surface area contributed by atoms with Gasteiger partial charge in [0.25, 0.3) is 5.91 Å². The molecule has 3 aromatic carbocycles. The highest BCUT2D eigenvalue weighted by atomic mass is 16.2. The second kappa shape index (κ2) is 9.21. The van der Waals surface area contributed by atoms with Crippen LogP contribution in [0.4, 0.5) is 0 Å². The molecule has 150 valence electrons. The number of nitrogens with zero attached hydrogens (tertiary/aromatic N) is 1.